The second kappa shape index (κ2) is 7.85. The number of benzene rings is 1. The molecule has 0 saturated heterocycles. The van der Waals surface area contributed by atoms with Crippen LogP contribution in [0.25, 0.3) is 0 Å². The largest absolute Gasteiger partial charge is 0.397 e. The van der Waals surface area contributed by atoms with Gasteiger partial charge in [-0.3, -0.25) is 5.32 Å². The number of nitrogens with one attached hydrogen (secondary N) is 2. The summed E-state index contributed by atoms with van der Waals surface area (Å²) in [5.74, 6) is 0.534. The van der Waals surface area contributed by atoms with Gasteiger partial charge in [-0.05, 0) is 42.0 Å². The quantitative estimate of drug-likeness (QED) is 0.434. The molecule has 1 aliphatic carbocycles. The summed E-state index contributed by atoms with van der Waals surface area (Å²) in [4.78, 5) is 8.74. The highest BCUT2D eigenvalue weighted by molar-refractivity contribution is 5.98. The number of aromatic nitrogens is 1. The molecule has 1 saturated carbocycles. The van der Waals surface area contributed by atoms with Gasteiger partial charge in [0.1, 0.15) is 35.1 Å². The number of nitrogens with two attached hydrogens (primary N) is 2. The Morgan fingerprint density at radius 3 is 2.80 bits per heavy atom. The van der Waals surface area contributed by atoms with Crippen LogP contribution in [0.3, 0.4) is 0 Å². The molecule has 1 unspecified atom stereocenters. The number of fused-ring (bicyclic) bond motifs is 1. The minimum absolute atomic E-state index is 0.0368. The first-order valence-corrected chi connectivity index (χ1v) is 9.36. The standard InChI is InChI=1S/C20H19FN8O/c21-12-3-4-13(11(5-12)8-30-7-10-1-2-10)17-15-16(24)14(6-22)18(25)28-19(15)29-20(27-17)26-9-23/h3-5,10,17H,1-2,7-8H2,(H6,24,25,26,27,28,29). The summed E-state index contributed by atoms with van der Waals surface area (Å²) in [5.41, 5.74) is 13.9. The molecule has 2 aromatic rings. The fourth-order valence-corrected chi connectivity index (χ4v) is 3.39. The van der Waals surface area contributed by atoms with E-state index < -0.39 is 11.9 Å². The normalized spacial score (nSPS) is 17.2. The summed E-state index contributed by atoms with van der Waals surface area (Å²) in [7, 11) is 0. The predicted octanol–water partition coefficient (Wildman–Crippen LogP) is 2.12. The smallest absolute Gasteiger partial charge is 0.211 e. The predicted molar refractivity (Wildman–Crippen MR) is 108 cm³/mol. The molecule has 30 heavy (non-hydrogen) atoms. The van der Waals surface area contributed by atoms with Gasteiger partial charge < -0.3 is 21.5 Å². The summed E-state index contributed by atoms with van der Waals surface area (Å²) >= 11 is 0. The van der Waals surface area contributed by atoms with Gasteiger partial charge in [0.15, 0.2) is 6.19 Å². The SMILES string of the molecule is N#CNC1=NC(c2ccc(F)cc2COCC2CC2)c2c(nc(N)c(C#N)c2N)N1. The molecular formula is C20H19FN8O. The van der Waals surface area contributed by atoms with Gasteiger partial charge in [-0.15, -0.1) is 0 Å². The number of anilines is 3. The van der Waals surface area contributed by atoms with E-state index in [-0.39, 0.29) is 35.5 Å². The highest BCUT2D eigenvalue weighted by Gasteiger charge is 2.31. The second-order valence-corrected chi connectivity index (χ2v) is 7.20. The Hall–Kier alpha value is -3.89. The van der Waals surface area contributed by atoms with Crippen LogP contribution in [-0.2, 0) is 11.3 Å². The van der Waals surface area contributed by atoms with Gasteiger partial charge in [0.05, 0.1) is 12.3 Å². The topological polar surface area (TPSA) is 158 Å². The molecule has 9 nitrogen and oxygen atoms in total. The zero-order valence-electron chi connectivity index (χ0n) is 15.9. The molecule has 4 rings (SSSR count). The first-order valence-electron chi connectivity index (χ1n) is 9.36. The number of ether oxygens (including phenoxy) is 1. The fraction of sp³-hybridized carbons (Fsp3) is 0.300. The Kier molecular flexibility index (Phi) is 5.09. The van der Waals surface area contributed by atoms with E-state index in [1.807, 2.05) is 6.07 Å². The lowest BCUT2D eigenvalue weighted by Crippen LogP contribution is -2.33. The van der Waals surface area contributed by atoms with E-state index in [2.05, 4.69) is 20.6 Å². The Balaban J connectivity index is 1.81. The number of hydrogen-bond donors (Lipinski definition) is 4. The number of nitrogens with zero attached hydrogens (tertiary/aromatic N) is 4. The molecule has 152 valence electrons. The second-order valence-electron chi connectivity index (χ2n) is 7.20. The third-order valence-corrected chi connectivity index (χ3v) is 5.07. The maximum Gasteiger partial charge on any atom is 0.211 e. The van der Waals surface area contributed by atoms with E-state index in [1.54, 1.807) is 12.3 Å². The average Bonchev–Trinajstić information content (AvgIpc) is 3.52. The molecule has 0 bridgehead atoms. The minimum atomic E-state index is -0.738. The van der Waals surface area contributed by atoms with Gasteiger partial charge in [-0.2, -0.15) is 10.5 Å². The number of rotatable bonds is 5. The lowest BCUT2D eigenvalue weighted by molar-refractivity contribution is 0.110. The van der Waals surface area contributed by atoms with Crippen molar-refractivity contribution in [1.82, 2.24) is 10.3 Å². The van der Waals surface area contributed by atoms with Crippen LogP contribution in [0.4, 0.5) is 21.7 Å². The molecule has 1 atom stereocenters. The zero-order valence-corrected chi connectivity index (χ0v) is 15.9. The van der Waals surface area contributed by atoms with E-state index in [1.165, 1.54) is 12.1 Å². The Morgan fingerprint density at radius 2 is 2.10 bits per heavy atom. The van der Waals surface area contributed by atoms with Gasteiger partial charge in [0, 0.05) is 12.2 Å². The molecule has 6 N–H and O–H groups in total. The molecule has 1 aliphatic heterocycles. The van der Waals surface area contributed by atoms with Crippen LogP contribution in [0, 0.1) is 34.5 Å². The molecule has 2 heterocycles. The van der Waals surface area contributed by atoms with Crippen molar-refractivity contribution in [3.63, 3.8) is 0 Å². The molecule has 0 spiro atoms. The summed E-state index contributed by atoms with van der Waals surface area (Å²) in [6, 6.07) is 5.53. The van der Waals surface area contributed by atoms with Crippen molar-refractivity contribution in [1.29, 1.82) is 10.5 Å². The molecule has 1 aromatic carbocycles. The first-order chi connectivity index (χ1) is 14.5. The third-order valence-electron chi connectivity index (χ3n) is 5.07. The van der Waals surface area contributed by atoms with Crippen molar-refractivity contribution in [2.75, 3.05) is 23.4 Å². The zero-order chi connectivity index (χ0) is 21.3. The first kappa shape index (κ1) is 19.4. The van der Waals surface area contributed by atoms with Crippen molar-refractivity contribution in [3.8, 4) is 12.3 Å². The van der Waals surface area contributed by atoms with Crippen molar-refractivity contribution in [2.45, 2.75) is 25.5 Å². The number of nitriles is 2. The maximum absolute atomic E-state index is 14.0. The van der Waals surface area contributed by atoms with Gasteiger partial charge in [-0.1, -0.05) is 6.07 Å². The lowest BCUT2D eigenvalue weighted by atomic mass is 9.92. The van der Waals surface area contributed by atoms with E-state index in [4.69, 9.17) is 21.5 Å². The van der Waals surface area contributed by atoms with Crippen LogP contribution in [0.2, 0.25) is 0 Å². The maximum atomic E-state index is 14.0. The van der Waals surface area contributed by atoms with E-state index in [0.29, 0.717) is 29.2 Å². The van der Waals surface area contributed by atoms with E-state index >= 15 is 0 Å². The molecule has 2 aliphatic rings. The Morgan fingerprint density at radius 1 is 1.30 bits per heavy atom. The highest BCUT2D eigenvalue weighted by atomic mass is 19.1. The van der Waals surface area contributed by atoms with E-state index in [0.717, 1.165) is 12.8 Å². The molecule has 10 heteroatoms. The summed E-state index contributed by atoms with van der Waals surface area (Å²) in [6.45, 7) is 0.814. The lowest BCUT2D eigenvalue weighted by Gasteiger charge is -2.27. The summed E-state index contributed by atoms with van der Waals surface area (Å²) < 4.78 is 19.8. The Bertz CT molecular complexity index is 1110. The van der Waals surface area contributed by atoms with Crippen molar-refractivity contribution in [2.24, 2.45) is 10.9 Å². The van der Waals surface area contributed by atoms with Crippen molar-refractivity contribution in [3.05, 3.63) is 46.3 Å². The molecular weight excluding hydrogens is 387 g/mol. The number of hydrogen-bond acceptors (Lipinski definition) is 9. The van der Waals surface area contributed by atoms with Crippen LogP contribution in [0.15, 0.2) is 23.2 Å². The average molecular weight is 406 g/mol. The fourth-order valence-electron chi connectivity index (χ4n) is 3.39. The highest BCUT2D eigenvalue weighted by Crippen LogP contribution is 2.41. The van der Waals surface area contributed by atoms with Crippen molar-refractivity contribution >= 4 is 23.3 Å². The minimum Gasteiger partial charge on any atom is -0.397 e. The summed E-state index contributed by atoms with van der Waals surface area (Å²) in [6.07, 6.45) is 4.09. The molecule has 0 amide bonds. The van der Waals surface area contributed by atoms with Gasteiger partial charge in [0.25, 0.3) is 0 Å². The van der Waals surface area contributed by atoms with E-state index in [9.17, 15) is 9.65 Å². The number of guanidine groups is 1. The molecule has 1 fully saturated rings. The number of aliphatic imine (C=N–C) groups is 1. The molecule has 0 radical (unpaired) electrons. The van der Waals surface area contributed by atoms with Crippen molar-refractivity contribution < 1.29 is 9.13 Å². The van der Waals surface area contributed by atoms with Crippen LogP contribution in [0.5, 0.6) is 0 Å². The van der Waals surface area contributed by atoms with Crippen LogP contribution in [-0.4, -0.2) is 17.6 Å². The van der Waals surface area contributed by atoms with Gasteiger partial charge >= 0.3 is 0 Å². The summed E-state index contributed by atoms with van der Waals surface area (Å²) in [5, 5.41) is 23.7. The van der Waals surface area contributed by atoms with Crippen LogP contribution in [0.1, 0.15) is 41.1 Å². The Labute approximate surface area is 172 Å². The number of nitrogen functional groups attached to an aromatic ring is 2. The third kappa shape index (κ3) is 3.69. The number of pyridine rings is 1. The monoisotopic (exact) mass is 406 g/mol. The van der Waals surface area contributed by atoms with Gasteiger partial charge in [-0.25, -0.2) is 14.4 Å². The van der Waals surface area contributed by atoms with Crippen LogP contribution >= 0.6 is 0 Å². The van der Waals surface area contributed by atoms with Gasteiger partial charge in [0.2, 0.25) is 5.96 Å². The molecule has 1 aromatic heterocycles. The van der Waals surface area contributed by atoms with Crippen LogP contribution < -0.4 is 22.1 Å². The number of halogens is 1.